The van der Waals surface area contributed by atoms with E-state index in [-0.39, 0.29) is 24.8 Å². The smallest absolute Gasteiger partial charge is 1.00 e. The fourth-order valence-electron chi connectivity index (χ4n) is 6.41. The predicted octanol–water partition coefficient (Wildman–Crippen LogP) is 3.33. The maximum absolute atomic E-state index is 2.67. The molecule has 0 bridgehead atoms. The third kappa shape index (κ3) is 5.37. The van der Waals surface area contributed by atoms with Gasteiger partial charge in [-0.25, -0.2) is 0 Å². The Kier molecular flexibility index (Phi) is 9.84. The molecule has 40 heavy (non-hydrogen) atoms. The van der Waals surface area contributed by atoms with Crippen molar-refractivity contribution in [2.24, 2.45) is 5.92 Å². The summed E-state index contributed by atoms with van der Waals surface area (Å²) in [4.78, 5) is 0. The van der Waals surface area contributed by atoms with Crippen molar-refractivity contribution in [1.29, 1.82) is 0 Å². The van der Waals surface area contributed by atoms with Crippen LogP contribution in [0.25, 0.3) is 5.57 Å². The molecule has 2 aliphatic rings. The summed E-state index contributed by atoms with van der Waals surface area (Å²) in [5.41, 5.74) is 13.0. The van der Waals surface area contributed by atoms with Crippen LogP contribution < -0.4 is 24.8 Å². The van der Waals surface area contributed by atoms with Crippen LogP contribution in [0.2, 0.25) is 0 Å². The third-order valence-electron chi connectivity index (χ3n) is 8.64. The fourth-order valence-corrected chi connectivity index (χ4v) is 16.3. The molecule has 4 aromatic rings. The second-order valence-corrected chi connectivity index (χ2v) is 16.7. The minimum Gasteiger partial charge on any atom is -1.00 e. The molecule has 0 spiro atoms. The number of allylic oxidation sites excluding steroid dienone is 5. The van der Waals surface area contributed by atoms with Crippen molar-refractivity contribution in [3.8, 4) is 0 Å². The van der Waals surface area contributed by atoms with Crippen LogP contribution in [0, 0.1) is 5.92 Å². The Balaban J connectivity index is 0.00000185. The van der Waals surface area contributed by atoms with E-state index in [4.69, 9.17) is 0 Å². The van der Waals surface area contributed by atoms with Crippen LogP contribution in [-0.2, 0) is 21.3 Å². The minimum absolute atomic E-state index is 0. The van der Waals surface area contributed by atoms with Crippen LogP contribution in [0.3, 0.4) is 0 Å². The molecular weight excluding hydrogens is 607 g/mol. The first-order chi connectivity index (χ1) is 18.6. The second-order valence-electron chi connectivity index (χ2n) is 10.6. The summed E-state index contributed by atoms with van der Waals surface area (Å²) in [5.74, 6) is 0.494. The zero-order valence-corrected chi connectivity index (χ0v) is 27.4. The molecule has 4 aromatic carbocycles. The van der Waals surface area contributed by atoms with E-state index < -0.39 is 21.3 Å². The van der Waals surface area contributed by atoms with Gasteiger partial charge in [0.05, 0.1) is 0 Å². The molecular formula is C37H34Cl2Zr. The molecule has 3 heteroatoms. The maximum Gasteiger partial charge on any atom is -1.00 e. The Morgan fingerprint density at radius 1 is 0.600 bits per heavy atom. The van der Waals surface area contributed by atoms with Gasteiger partial charge in [0.15, 0.2) is 0 Å². The fraction of sp³-hybridized carbons (Fsp3) is 0.162. The Morgan fingerprint density at radius 3 is 1.62 bits per heavy atom. The molecule has 2 atom stereocenters. The molecule has 0 heterocycles. The van der Waals surface area contributed by atoms with Crippen molar-refractivity contribution >= 4 is 8.78 Å². The average molecular weight is 641 g/mol. The molecule has 0 radical (unpaired) electrons. The van der Waals surface area contributed by atoms with Gasteiger partial charge in [-0.15, -0.1) is 0 Å². The van der Waals surface area contributed by atoms with E-state index in [0.717, 1.165) is 0 Å². The predicted molar refractivity (Wildman–Crippen MR) is 159 cm³/mol. The second kappa shape index (κ2) is 12.9. The molecule has 6 rings (SSSR count). The summed E-state index contributed by atoms with van der Waals surface area (Å²) < 4.78 is 3.81. The summed E-state index contributed by atoms with van der Waals surface area (Å²) in [5, 5.41) is 0. The zero-order chi connectivity index (χ0) is 26.2. The molecule has 0 N–H and O–H groups in total. The van der Waals surface area contributed by atoms with Crippen molar-refractivity contribution < 1.29 is 46.1 Å². The molecule has 0 nitrogen and oxygen atoms in total. The summed E-state index contributed by atoms with van der Waals surface area (Å²) >= 11 is -2.67. The van der Waals surface area contributed by atoms with Crippen molar-refractivity contribution in [3.05, 3.63) is 169 Å². The molecule has 2 unspecified atom stereocenters. The summed E-state index contributed by atoms with van der Waals surface area (Å²) in [6.07, 6.45) is 2.65. The normalized spacial score (nSPS) is 17.3. The van der Waals surface area contributed by atoms with Gasteiger partial charge in [0.2, 0.25) is 0 Å². The van der Waals surface area contributed by atoms with Gasteiger partial charge in [0.25, 0.3) is 0 Å². The van der Waals surface area contributed by atoms with E-state index in [1.54, 1.807) is 17.6 Å². The Morgan fingerprint density at radius 2 is 1.10 bits per heavy atom. The number of rotatable bonds is 5. The molecule has 0 aromatic heterocycles. The number of fused-ring (bicyclic) bond motifs is 1. The van der Waals surface area contributed by atoms with E-state index in [2.05, 4.69) is 149 Å². The first kappa shape index (κ1) is 30.4. The molecule has 0 amide bonds. The SMILES string of the molecule is CC1=C(C)C(C)[C]([Zr+2](=[C](c2ccccc2)c2ccccc2)[CH]2C=C(c3ccccc3)c3ccccc32)=C1C.[Cl-].[Cl-]. The number of benzene rings is 4. The van der Waals surface area contributed by atoms with Crippen molar-refractivity contribution in [3.63, 3.8) is 0 Å². The van der Waals surface area contributed by atoms with Gasteiger partial charge < -0.3 is 24.8 Å². The van der Waals surface area contributed by atoms with Crippen molar-refractivity contribution in [2.75, 3.05) is 0 Å². The van der Waals surface area contributed by atoms with Crippen LogP contribution in [0.15, 0.2) is 141 Å². The van der Waals surface area contributed by atoms with Gasteiger partial charge in [0.1, 0.15) is 0 Å². The van der Waals surface area contributed by atoms with Gasteiger partial charge in [-0.2, -0.15) is 0 Å². The molecule has 0 saturated heterocycles. The number of hydrogen-bond acceptors (Lipinski definition) is 0. The summed E-state index contributed by atoms with van der Waals surface area (Å²) in [7, 11) is 0. The molecule has 0 saturated carbocycles. The van der Waals surface area contributed by atoms with E-state index >= 15 is 0 Å². The van der Waals surface area contributed by atoms with Gasteiger partial charge in [-0.05, 0) is 0 Å². The van der Waals surface area contributed by atoms with E-state index in [1.165, 1.54) is 39.0 Å². The first-order valence-corrected chi connectivity index (χ1v) is 17.5. The Hall–Kier alpha value is -2.57. The standard InChI is InChI=1S/C15H11.C13H10.C9H13.2ClH.Zr/c1-2-6-12(7-3-1)15-11-10-13-8-4-5-9-14(13)15;1-3-7-12(8-4-1)11-13-9-5-2-6-10-13;1-6-5-7(2)9(4)8(6)3;;;/h1-11H;1-10H;6H,1-4H3;2*1H;/q;;;;;+2/p-2. The number of hydrogen-bond donors (Lipinski definition) is 0. The maximum atomic E-state index is 2.65. The van der Waals surface area contributed by atoms with Crippen LogP contribution >= 0.6 is 0 Å². The van der Waals surface area contributed by atoms with Gasteiger partial charge in [-0.3, -0.25) is 0 Å². The monoisotopic (exact) mass is 638 g/mol. The topological polar surface area (TPSA) is 0 Å². The number of halogens is 2. The van der Waals surface area contributed by atoms with Gasteiger partial charge in [0, 0.05) is 0 Å². The Bertz CT molecular complexity index is 1590. The van der Waals surface area contributed by atoms with E-state index in [0.29, 0.717) is 9.54 Å². The summed E-state index contributed by atoms with van der Waals surface area (Å²) in [6.45, 7) is 9.55. The van der Waals surface area contributed by atoms with E-state index in [9.17, 15) is 0 Å². The summed E-state index contributed by atoms with van der Waals surface area (Å²) in [6, 6.07) is 42.7. The average Bonchev–Trinajstić information content (AvgIpc) is 3.44. The van der Waals surface area contributed by atoms with E-state index in [1.807, 2.05) is 0 Å². The van der Waals surface area contributed by atoms with Crippen LogP contribution in [-0.4, -0.2) is 3.21 Å². The minimum atomic E-state index is -2.67. The van der Waals surface area contributed by atoms with Gasteiger partial charge >= 0.3 is 236 Å². The van der Waals surface area contributed by atoms with Crippen molar-refractivity contribution in [1.82, 2.24) is 0 Å². The van der Waals surface area contributed by atoms with Crippen LogP contribution in [0.1, 0.15) is 59.1 Å². The molecule has 2 aliphatic carbocycles. The molecule has 0 aliphatic heterocycles. The zero-order valence-electron chi connectivity index (χ0n) is 23.5. The molecule has 200 valence electrons. The van der Waals surface area contributed by atoms with Crippen LogP contribution in [0.5, 0.6) is 0 Å². The van der Waals surface area contributed by atoms with Crippen LogP contribution in [0.4, 0.5) is 0 Å². The quantitative estimate of drug-likeness (QED) is 0.314. The molecule has 0 fully saturated rings. The third-order valence-corrected chi connectivity index (χ3v) is 17.5. The van der Waals surface area contributed by atoms with Gasteiger partial charge in [-0.1, -0.05) is 0 Å². The Labute approximate surface area is 259 Å². The van der Waals surface area contributed by atoms with Crippen molar-refractivity contribution in [2.45, 2.75) is 31.3 Å². The first-order valence-electron chi connectivity index (χ1n) is 13.7. The largest absolute Gasteiger partial charge is 1.00 e.